The largest absolute Gasteiger partial charge is 0.481 e. The van der Waals surface area contributed by atoms with Gasteiger partial charge in [0.2, 0.25) is 0 Å². The molecular weight excluding hydrogens is 292 g/mol. The molecule has 5 heteroatoms. The van der Waals surface area contributed by atoms with E-state index in [4.69, 9.17) is 0 Å². The van der Waals surface area contributed by atoms with Crippen LogP contribution in [-0.4, -0.2) is 48.1 Å². The molecule has 1 aromatic rings. The zero-order valence-corrected chi connectivity index (χ0v) is 14.2. The third-order valence-electron chi connectivity index (χ3n) is 4.61. The zero-order chi connectivity index (χ0) is 17.0. The van der Waals surface area contributed by atoms with Gasteiger partial charge >= 0.3 is 5.97 Å². The SMILES string of the molecule is CCCN(C)c1ccc(C(=O)N2CC(C(=O)O)CCC2C)cc1. The van der Waals surface area contributed by atoms with Gasteiger partial charge in [0.25, 0.3) is 5.91 Å². The first-order valence-corrected chi connectivity index (χ1v) is 8.29. The van der Waals surface area contributed by atoms with Crippen molar-refractivity contribution in [3.05, 3.63) is 29.8 Å². The van der Waals surface area contributed by atoms with Crippen LogP contribution < -0.4 is 4.90 Å². The number of carboxylic acid groups (broad SMARTS) is 1. The average molecular weight is 318 g/mol. The van der Waals surface area contributed by atoms with Crippen LogP contribution in [0.1, 0.15) is 43.5 Å². The van der Waals surface area contributed by atoms with Gasteiger partial charge in [-0.25, -0.2) is 0 Å². The van der Waals surface area contributed by atoms with Crippen LogP contribution in [0.3, 0.4) is 0 Å². The molecule has 1 N–H and O–H groups in total. The molecule has 5 nitrogen and oxygen atoms in total. The van der Waals surface area contributed by atoms with Crippen molar-refractivity contribution in [3.63, 3.8) is 0 Å². The number of likely N-dealkylation sites (tertiary alicyclic amines) is 1. The molecule has 0 aliphatic carbocycles. The standard InChI is InChI=1S/C18H26N2O3/c1-4-11-19(3)16-9-7-14(8-10-16)17(21)20-12-15(18(22)23)6-5-13(20)2/h7-10,13,15H,4-6,11-12H2,1-3H3,(H,22,23). The number of anilines is 1. The minimum absolute atomic E-state index is 0.0758. The van der Waals surface area contributed by atoms with Gasteiger partial charge in [-0.1, -0.05) is 6.92 Å². The van der Waals surface area contributed by atoms with Crippen molar-refractivity contribution in [2.45, 2.75) is 39.2 Å². The Hall–Kier alpha value is -2.04. The quantitative estimate of drug-likeness (QED) is 0.907. The summed E-state index contributed by atoms with van der Waals surface area (Å²) in [6.07, 6.45) is 2.44. The lowest BCUT2D eigenvalue weighted by Crippen LogP contribution is -2.47. The number of nitrogens with zero attached hydrogens (tertiary/aromatic N) is 2. The summed E-state index contributed by atoms with van der Waals surface area (Å²) in [4.78, 5) is 27.8. The molecule has 1 aliphatic rings. The fraction of sp³-hybridized carbons (Fsp3) is 0.556. The molecule has 1 aromatic carbocycles. The molecule has 0 spiro atoms. The first-order chi connectivity index (χ1) is 10.9. The number of hydrogen-bond donors (Lipinski definition) is 1. The Morgan fingerprint density at radius 1 is 1.26 bits per heavy atom. The van der Waals surface area contributed by atoms with Crippen LogP contribution in [0, 0.1) is 5.92 Å². The molecule has 126 valence electrons. The maximum Gasteiger partial charge on any atom is 0.308 e. The highest BCUT2D eigenvalue weighted by atomic mass is 16.4. The van der Waals surface area contributed by atoms with E-state index in [-0.39, 0.29) is 11.9 Å². The van der Waals surface area contributed by atoms with Gasteiger partial charge < -0.3 is 14.9 Å². The van der Waals surface area contributed by atoms with Crippen molar-refractivity contribution >= 4 is 17.6 Å². The number of hydrogen-bond acceptors (Lipinski definition) is 3. The smallest absolute Gasteiger partial charge is 0.308 e. The predicted octanol–water partition coefficient (Wildman–Crippen LogP) is 2.86. The van der Waals surface area contributed by atoms with Gasteiger partial charge in [-0.15, -0.1) is 0 Å². The second-order valence-corrected chi connectivity index (χ2v) is 6.39. The minimum Gasteiger partial charge on any atom is -0.481 e. The second kappa shape index (κ2) is 7.49. The fourth-order valence-electron chi connectivity index (χ4n) is 3.08. The molecule has 1 fully saturated rings. The van der Waals surface area contributed by atoms with Crippen LogP contribution in [-0.2, 0) is 4.79 Å². The Morgan fingerprint density at radius 2 is 1.91 bits per heavy atom. The van der Waals surface area contributed by atoms with E-state index < -0.39 is 11.9 Å². The van der Waals surface area contributed by atoms with Crippen molar-refractivity contribution in [2.75, 3.05) is 25.0 Å². The summed E-state index contributed by atoms with van der Waals surface area (Å²) < 4.78 is 0. The normalized spacial score (nSPS) is 21.1. The lowest BCUT2D eigenvalue weighted by Gasteiger charge is -2.36. The van der Waals surface area contributed by atoms with E-state index in [9.17, 15) is 14.7 Å². The van der Waals surface area contributed by atoms with Gasteiger partial charge in [-0.2, -0.15) is 0 Å². The first-order valence-electron chi connectivity index (χ1n) is 8.29. The summed E-state index contributed by atoms with van der Waals surface area (Å²) in [6.45, 7) is 5.38. The van der Waals surface area contributed by atoms with Gasteiger partial charge in [0.05, 0.1) is 5.92 Å². The number of amides is 1. The topological polar surface area (TPSA) is 60.9 Å². The summed E-state index contributed by atoms with van der Waals surface area (Å²) in [6, 6.07) is 7.65. The van der Waals surface area contributed by atoms with Crippen molar-refractivity contribution in [3.8, 4) is 0 Å². The van der Waals surface area contributed by atoms with E-state index in [0.29, 0.717) is 18.5 Å². The molecule has 2 atom stereocenters. The van der Waals surface area contributed by atoms with Gasteiger partial charge in [-0.05, 0) is 50.5 Å². The van der Waals surface area contributed by atoms with Crippen LogP contribution in [0.25, 0.3) is 0 Å². The van der Waals surface area contributed by atoms with Crippen LogP contribution >= 0.6 is 0 Å². The maximum atomic E-state index is 12.7. The van der Waals surface area contributed by atoms with Crippen LogP contribution in [0.15, 0.2) is 24.3 Å². The van der Waals surface area contributed by atoms with E-state index in [1.807, 2.05) is 38.2 Å². The summed E-state index contributed by atoms with van der Waals surface area (Å²) in [5.74, 6) is -1.34. The Kier molecular flexibility index (Phi) is 5.64. The molecule has 0 bridgehead atoms. The number of rotatable bonds is 5. The van der Waals surface area contributed by atoms with E-state index in [1.54, 1.807) is 4.90 Å². The number of aliphatic carboxylic acids is 1. The fourth-order valence-corrected chi connectivity index (χ4v) is 3.08. The van der Waals surface area contributed by atoms with Gasteiger partial charge in [-0.3, -0.25) is 9.59 Å². The monoisotopic (exact) mass is 318 g/mol. The van der Waals surface area contributed by atoms with Crippen LogP contribution in [0.2, 0.25) is 0 Å². The molecule has 1 heterocycles. The third kappa shape index (κ3) is 4.03. The number of carboxylic acids is 1. The zero-order valence-electron chi connectivity index (χ0n) is 14.2. The van der Waals surface area contributed by atoms with Crippen molar-refractivity contribution < 1.29 is 14.7 Å². The molecule has 1 aliphatic heterocycles. The van der Waals surface area contributed by atoms with Crippen LogP contribution in [0.5, 0.6) is 0 Å². The first kappa shape index (κ1) is 17.3. The highest BCUT2D eigenvalue weighted by Gasteiger charge is 2.32. The van der Waals surface area contributed by atoms with Crippen molar-refractivity contribution in [1.29, 1.82) is 0 Å². The number of carbonyl (C=O) groups excluding carboxylic acids is 1. The van der Waals surface area contributed by atoms with E-state index in [0.717, 1.165) is 25.1 Å². The number of carbonyl (C=O) groups is 2. The second-order valence-electron chi connectivity index (χ2n) is 6.39. The molecular formula is C18H26N2O3. The molecule has 0 radical (unpaired) electrons. The molecule has 1 saturated heterocycles. The molecule has 0 aromatic heterocycles. The number of benzene rings is 1. The Bertz CT molecular complexity index is 556. The maximum absolute atomic E-state index is 12.7. The highest BCUT2D eigenvalue weighted by molar-refractivity contribution is 5.95. The summed E-state index contributed by atoms with van der Waals surface area (Å²) >= 11 is 0. The molecule has 2 rings (SSSR count). The van der Waals surface area contributed by atoms with Gasteiger partial charge in [0.1, 0.15) is 0 Å². The van der Waals surface area contributed by atoms with Gasteiger partial charge in [0.15, 0.2) is 0 Å². The summed E-state index contributed by atoms with van der Waals surface area (Å²) in [7, 11) is 2.03. The number of piperidine rings is 1. The average Bonchev–Trinajstić information content (AvgIpc) is 2.55. The highest BCUT2D eigenvalue weighted by Crippen LogP contribution is 2.24. The Labute approximate surface area is 137 Å². The molecule has 0 saturated carbocycles. The molecule has 23 heavy (non-hydrogen) atoms. The summed E-state index contributed by atoms with van der Waals surface area (Å²) in [5, 5.41) is 9.20. The predicted molar refractivity (Wildman–Crippen MR) is 90.9 cm³/mol. The lowest BCUT2D eigenvalue weighted by molar-refractivity contribution is -0.143. The van der Waals surface area contributed by atoms with Crippen molar-refractivity contribution in [1.82, 2.24) is 4.90 Å². The van der Waals surface area contributed by atoms with Crippen molar-refractivity contribution in [2.24, 2.45) is 5.92 Å². The van der Waals surface area contributed by atoms with E-state index in [1.165, 1.54) is 0 Å². The third-order valence-corrected chi connectivity index (χ3v) is 4.61. The molecule has 1 amide bonds. The summed E-state index contributed by atoms with van der Waals surface area (Å²) in [5.41, 5.74) is 1.70. The van der Waals surface area contributed by atoms with Gasteiger partial charge in [0, 0.05) is 37.4 Å². The van der Waals surface area contributed by atoms with Crippen LogP contribution in [0.4, 0.5) is 5.69 Å². The van der Waals surface area contributed by atoms with E-state index in [2.05, 4.69) is 11.8 Å². The Morgan fingerprint density at radius 3 is 2.48 bits per heavy atom. The van der Waals surface area contributed by atoms with E-state index >= 15 is 0 Å². The Balaban J connectivity index is 2.11. The minimum atomic E-state index is -0.814. The molecule has 2 unspecified atom stereocenters. The lowest BCUT2D eigenvalue weighted by atomic mass is 9.93.